The SMILES string of the molecule is COc1cc(/C=C2\SC(=Nc3ccc(Br)c(Cl)c3)N(C)C2=O)cc(Cl)c1OC. The van der Waals surface area contributed by atoms with Crippen molar-refractivity contribution in [3.63, 3.8) is 0 Å². The smallest absolute Gasteiger partial charge is 0.266 e. The van der Waals surface area contributed by atoms with E-state index in [1.165, 1.54) is 30.9 Å². The van der Waals surface area contributed by atoms with E-state index in [1.54, 1.807) is 31.3 Å². The number of amides is 1. The lowest BCUT2D eigenvalue weighted by molar-refractivity contribution is -0.121. The van der Waals surface area contributed by atoms with Gasteiger partial charge >= 0.3 is 0 Å². The fraction of sp³-hybridized carbons (Fsp3) is 0.158. The van der Waals surface area contributed by atoms with Gasteiger partial charge in [-0.2, -0.15) is 0 Å². The van der Waals surface area contributed by atoms with Crippen LogP contribution < -0.4 is 9.47 Å². The Balaban J connectivity index is 1.94. The molecule has 28 heavy (non-hydrogen) atoms. The zero-order valence-corrected chi connectivity index (χ0v) is 19.0. The number of aliphatic imine (C=N–C) groups is 1. The molecule has 146 valence electrons. The van der Waals surface area contributed by atoms with Crippen molar-refractivity contribution in [2.45, 2.75) is 0 Å². The molecule has 0 N–H and O–H groups in total. The van der Waals surface area contributed by atoms with E-state index < -0.39 is 0 Å². The van der Waals surface area contributed by atoms with Crippen LogP contribution in [0.15, 0.2) is 44.7 Å². The lowest BCUT2D eigenvalue weighted by Crippen LogP contribution is -2.23. The molecule has 1 saturated heterocycles. The van der Waals surface area contributed by atoms with Crippen molar-refractivity contribution in [3.05, 3.63) is 55.3 Å². The fourth-order valence-electron chi connectivity index (χ4n) is 2.49. The molecule has 1 aliphatic heterocycles. The molecule has 2 aromatic rings. The van der Waals surface area contributed by atoms with E-state index in [9.17, 15) is 4.79 Å². The van der Waals surface area contributed by atoms with E-state index in [1.807, 2.05) is 12.1 Å². The number of amidine groups is 1. The molecular weight excluding hydrogens is 487 g/mol. The van der Waals surface area contributed by atoms with Gasteiger partial charge in [0, 0.05) is 11.5 Å². The fourth-order valence-corrected chi connectivity index (χ4v) is 4.19. The Morgan fingerprint density at radius 3 is 2.54 bits per heavy atom. The van der Waals surface area contributed by atoms with Gasteiger partial charge < -0.3 is 9.47 Å². The summed E-state index contributed by atoms with van der Waals surface area (Å²) in [5, 5.41) is 1.51. The molecule has 5 nitrogen and oxygen atoms in total. The maximum Gasteiger partial charge on any atom is 0.266 e. The number of hydrogen-bond acceptors (Lipinski definition) is 5. The first kappa shape index (κ1) is 21.0. The first-order valence-electron chi connectivity index (χ1n) is 7.97. The van der Waals surface area contributed by atoms with Crippen molar-refractivity contribution in [1.29, 1.82) is 0 Å². The predicted molar refractivity (Wildman–Crippen MR) is 119 cm³/mol. The number of halogens is 3. The molecule has 2 aromatic carbocycles. The van der Waals surface area contributed by atoms with Gasteiger partial charge in [0.15, 0.2) is 16.7 Å². The Hall–Kier alpha value is -1.67. The number of methoxy groups -OCH3 is 2. The highest BCUT2D eigenvalue weighted by molar-refractivity contribution is 9.10. The standard InChI is InChI=1S/C19H15BrCl2N2O3S/c1-24-18(25)16(8-10-6-14(22)17(27-3)15(7-10)26-2)28-19(24)23-11-4-5-12(20)13(21)9-11/h4-9H,1-3H3/b16-8-,23-19?. The number of rotatable bonds is 4. The van der Waals surface area contributed by atoms with Crippen molar-refractivity contribution >= 4 is 73.7 Å². The van der Waals surface area contributed by atoms with Gasteiger partial charge in [-0.05, 0) is 69.7 Å². The molecule has 0 aromatic heterocycles. The van der Waals surface area contributed by atoms with Gasteiger partial charge in [0.05, 0.1) is 34.9 Å². The number of thioether (sulfide) groups is 1. The Bertz CT molecular complexity index is 1010. The number of ether oxygens (including phenoxy) is 2. The Morgan fingerprint density at radius 2 is 1.89 bits per heavy atom. The predicted octanol–water partition coefficient (Wildman–Crippen LogP) is 6.01. The van der Waals surface area contributed by atoms with Gasteiger partial charge in [-0.1, -0.05) is 23.2 Å². The number of hydrogen-bond donors (Lipinski definition) is 0. The van der Waals surface area contributed by atoms with E-state index in [0.717, 1.165) is 10.0 Å². The van der Waals surface area contributed by atoms with Crippen molar-refractivity contribution in [1.82, 2.24) is 4.90 Å². The maximum absolute atomic E-state index is 12.6. The van der Waals surface area contributed by atoms with Crippen LogP contribution >= 0.6 is 50.9 Å². The third kappa shape index (κ3) is 4.33. The minimum Gasteiger partial charge on any atom is -0.493 e. The highest BCUT2D eigenvalue weighted by Crippen LogP contribution is 2.39. The Kier molecular flexibility index (Phi) is 6.60. The number of carbonyl (C=O) groups excluding carboxylic acids is 1. The monoisotopic (exact) mass is 500 g/mol. The lowest BCUT2D eigenvalue weighted by atomic mass is 10.2. The van der Waals surface area contributed by atoms with Crippen LogP contribution in [0.1, 0.15) is 5.56 Å². The minimum absolute atomic E-state index is 0.155. The van der Waals surface area contributed by atoms with Crippen LogP contribution in [0.25, 0.3) is 6.08 Å². The summed E-state index contributed by atoms with van der Waals surface area (Å²) in [4.78, 5) is 19.2. The number of carbonyl (C=O) groups is 1. The summed E-state index contributed by atoms with van der Waals surface area (Å²) < 4.78 is 11.3. The molecule has 0 saturated carbocycles. The van der Waals surface area contributed by atoms with Gasteiger partial charge in [0.2, 0.25) is 0 Å². The maximum atomic E-state index is 12.6. The van der Waals surface area contributed by atoms with Gasteiger partial charge in [0.25, 0.3) is 5.91 Å². The van der Waals surface area contributed by atoms with Crippen LogP contribution in [0.4, 0.5) is 5.69 Å². The van der Waals surface area contributed by atoms with Crippen molar-refractivity contribution in [2.75, 3.05) is 21.3 Å². The van der Waals surface area contributed by atoms with Crippen molar-refractivity contribution in [2.24, 2.45) is 4.99 Å². The largest absolute Gasteiger partial charge is 0.493 e. The molecule has 0 aliphatic carbocycles. The van der Waals surface area contributed by atoms with Crippen LogP contribution in [0.5, 0.6) is 11.5 Å². The first-order chi connectivity index (χ1) is 13.3. The van der Waals surface area contributed by atoms with Crippen LogP contribution in [-0.2, 0) is 4.79 Å². The van der Waals surface area contributed by atoms with Gasteiger partial charge in [-0.25, -0.2) is 4.99 Å². The molecule has 0 atom stereocenters. The number of benzene rings is 2. The number of nitrogens with zero attached hydrogens (tertiary/aromatic N) is 2. The summed E-state index contributed by atoms with van der Waals surface area (Å²) in [5.41, 5.74) is 1.38. The second-order valence-corrected chi connectivity index (χ2v) is 8.38. The summed E-state index contributed by atoms with van der Waals surface area (Å²) in [6.07, 6.45) is 1.74. The topological polar surface area (TPSA) is 51.1 Å². The van der Waals surface area contributed by atoms with E-state index in [-0.39, 0.29) is 5.91 Å². The highest BCUT2D eigenvalue weighted by Gasteiger charge is 2.30. The Labute approximate surface area is 185 Å². The second kappa shape index (κ2) is 8.78. The molecule has 0 unspecified atom stereocenters. The Morgan fingerprint density at radius 1 is 1.14 bits per heavy atom. The quantitative estimate of drug-likeness (QED) is 0.481. The zero-order valence-electron chi connectivity index (χ0n) is 15.1. The molecule has 1 fully saturated rings. The van der Waals surface area contributed by atoms with Crippen LogP contribution in [0, 0.1) is 0 Å². The van der Waals surface area contributed by atoms with Crippen LogP contribution in [0.3, 0.4) is 0 Å². The summed E-state index contributed by atoms with van der Waals surface area (Å²) in [7, 11) is 4.73. The molecule has 0 radical (unpaired) electrons. The van der Waals surface area contributed by atoms with Crippen LogP contribution in [-0.4, -0.2) is 37.2 Å². The summed E-state index contributed by atoms with van der Waals surface area (Å²) >= 11 is 17.0. The highest BCUT2D eigenvalue weighted by atomic mass is 79.9. The summed E-state index contributed by atoms with van der Waals surface area (Å²) in [5.74, 6) is 0.783. The molecule has 0 spiro atoms. The molecule has 1 aliphatic rings. The normalized spacial score (nSPS) is 16.9. The molecule has 0 bridgehead atoms. The second-order valence-electron chi connectivity index (χ2n) is 5.71. The summed E-state index contributed by atoms with van der Waals surface area (Å²) in [6, 6.07) is 8.83. The van der Waals surface area contributed by atoms with Gasteiger partial charge in [-0.3, -0.25) is 9.69 Å². The van der Waals surface area contributed by atoms with Gasteiger partial charge in [0.1, 0.15) is 0 Å². The van der Waals surface area contributed by atoms with E-state index in [2.05, 4.69) is 20.9 Å². The average molecular weight is 502 g/mol. The molecular formula is C19H15BrCl2N2O3S. The number of likely N-dealkylation sites (N-methyl/N-ethyl adjacent to an activating group) is 1. The van der Waals surface area contributed by atoms with Gasteiger partial charge in [-0.15, -0.1) is 0 Å². The summed E-state index contributed by atoms with van der Waals surface area (Å²) in [6.45, 7) is 0. The molecule has 1 amide bonds. The first-order valence-corrected chi connectivity index (χ1v) is 10.3. The average Bonchev–Trinajstić information content (AvgIpc) is 2.92. The third-order valence-electron chi connectivity index (χ3n) is 3.89. The lowest BCUT2D eigenvalue weighted by Gasteiger charge is -2.10. The third-order valence-corrected chi connectivity index (χ3v) is 6.46. The van der Waals surface area contributed by atoms with E-state index in [0.29, 0.717) is 37.3 Å². The van der Waals surface area contributed by atoms with E-state index in [4.69, 9.17) is 32.7 Å². The molecule has 1 heterocycles. The molecule has 9 heteroatoms. The zero-order chi connectivity index (χ0) is 20.4. The van der Waals surface area contributed by atoms with Crippen molar-refractivity contribution < 1.29 is 14.3 Å². The van der Waals surface area contributed by atoms with E-state index >= 15 is 0 Å². The molecule has 3 rings (SSSR count). The van der Waals surface area contributed by atoms with Crippen LogP contribution in [0.2, 0.25) is 10.0 Å². The van der Waals surface area contributed by atoms with Crippen molar-refractivity contribution in [3.8, 4) is 11.5 Å². The minimum atomic E-state index is -0.155.